The van der Waals surface area contributed by atoms with E-state index >= 15 is 0 Å². The molecular formula is C46H39BrF4N10O6. The van der Waals surface area contributed by atoms with Gasteiger partial charge in [-0.2, -0.15) is 28.1 Å². The van der Waals surface area contributed by atoms with Crippen molar-refractivity contribution in [1.82, 2.24) is 33.6 Å². The molecule has 2 aliphatic rings. The zero-order chi connectivity index (χ0) is 47.5. The van der Waals surface area contributed by atoms with E-state index in [9.17, 15) is 31.9 Å². The maximum atomic E-state index is 13.1. The van der Waals surface area contributed by atoms with Gasteiger partial charge in [0.2, 0.25) is 5.95 Å². The summed E-state index contributed by atoms with van der Waals surface area (Å²) in [6.07, 6.45) is 3.39. The average molecular weight is 984 g/mol. The number of nitriles is 2. The van der Waals surface area contributed by atoms with Crippen molar-refractivity contribution < 1.29 is 36.6 Å². The molecular weight excluding hydrogens is 944 g/mol. The van der Waals surface area contributed by atoms with Crippen LogP contribution in [0.25, 0.3) is 32.9 Å². The fourth-order valence-electron chi connectivity index (χ4n) is 8.24. The predicted octanol–water partition coefficient (Wildman–Crippen LogP) is 6.97. The highest BCUT2D eigenvalue weighted by atomic mass is 79.9. The molecule has 0 bridgehead atoms. The molecule has 2 saturated heterocycles. The number of carbonyl (C=O) groups excluding carboxylic acids is 1. The average Bonchev–Trinajstić information content (AvgIpc) is 3.88. The Bertz CT molecular complexity index is 3210. The van der Waals surface area contributed by atoms with Gasteiger partial charge in [0, 0.05) is 67.3 Å². The van der Waals surface area contributed by atoms with Crippen LogP contribution in [-0.2, 0) is 44.8 Å². The lowest BCUT2D eigenvalue weighted by molar-refractivity contribution is -0.0511. The lowest BCUT2D eigenvalue weighted by Crippen LogP contribution is -2.52. The second-order valence-electron chi connectivity index (χ2n) is 15.6. The topological polar surface area (TPSA) is 178 Å². The highest BCUT2D eigenvalue weighted by Crippen LogP contribution is 2.30. The first-order chi connectivity index (χ1) is 32.2. The molecule has 0 aliphatic carbocycles. The van der Waals surface area contributed by atoms with Crippen molar-refractivity contribution in [3.8, 4) is 34.8 Å². The van der Waals surface area contributed by atoms with E-state index in [1.165, 1.54) is 21.5 Å². The van der Waals surface area contributed by atoms with Crippen LogP contribution in [0.5, 0.6) is 11.5 Å². The number of halogens is 5. The van der Waals surface area contributed by atoms with E-state index in [-0.39, 0.29) is 60.7 Å². The van der Waals surface area contributed by atoms with E-state index in [1.807, 2.05) is 23.1 Å². The molecule has 2 fully saturated rings. The highest BCUT2D eigenvalue weighted by molar-refractivity contribution is 9.10. The lowest BCUT2D eigenvalue weighted by Gasteiger charge is -2.35. The minimum absolute atomic E-state index is 0.0194. The van der Waals surface area contributed by atoms with E-state index in [1.54, 1.807) is 89.3 Å². The summed E-state index contributed by atoms with van der Waals surface area (Å²) in [4.78, 5) is 50.1. The molecule has 1 atom stereocenters. The van der Waals surface area contributed by atoms with Gasteiger partial charge >= 0.3 is 19.3 Å². The number of anilines is 1. The normalized spacial score (nSPS) is 14.5. The van der Waals surface area contributed by atoms with E-state index < -0.39 is 13.2 Å². The number of amides is 1. The van der Waals surface area contributed by atoms with Gasteiger partial charge in [-0.05, 0) is 71.3 Å². The molecule has 1 amide bonds. The number of nitrogens with zero attached hydrogens (tertiary/aromatic N) is 10. The molecule has 9 rings (SSSR count). The van der Waals surface area contributed by atoms with Crippen LogP contribution in [0.1, 0.15) is 22.3 Å². The molecule has 5 heterocycles. The van der Waals surface area contributed by atoms with Crippen molar-refractivity contribution in [3.05, 3.63) is 133 Å². The Balaban J connectivity index is 0.000000202. The van der Waals surface area contributed by atoms with Crippen molar-refractivity contribution in [2.45, 2.75) is 45.2 Å². The van der Waals surface area contributed by atoms with Gasteiger partial charge in [-0.1, -0.05) is 34.1 Å². The van der Waals surface area contributed by atoms with Crippen LogP contribution >= 0.6 is 15.9 Å². The number of hydrogen-bond acceptors (Lipinski definition) is 11. The molecule has 3 aromatic heterocycles. The number of carbonyl (C=O) groups is 1. The van der Waals surface area contributed by atoms with Crippen molar-refractivity contribution >= 4 is 49.8 Å². The minimum Gasteiger partial charge on any atom is -0.447 e. The van der Waals surface area contributed by atoms with Gasteiger partial charge in [0.25, 0.3) is 11.1 Å². The summed E-state index contributed by atoms with van der Waals surface area (Å²) >= 11 is 3.38. The van der Waals surface area contributed by atoms with Crippen molar-refractivity contribution in [3.63, 3.8) is 0 Å². The van der Waals surface area contributed by atoms with Gasteiger partial charge in [0.1, 0.15) is 18.1 Å². The smallest absolute Gasteiger partial charge is 0.410 e. The largest absolute Gasteiger partial charge is 0.447 e. The minimum atomic E-state index is -3.02. The van der Waals surface area contributed by atoms with Crippen LogP contribution in [0.15, 0.2) is 99.3 Å². The zero-order valence-corrected chi connectivity index (χ0v) is 37.4. The Morgan fingerprint density at radius 2 is 1.27 bits per heavy atom. The quantitative estimate of drug-likeness (QED) is 0.116. The maximum absolute atomic E-state index is 13.1. The fourth-order valence-corrected chi connectivity index (χ4v) is 8.59. The standard InChI is InChI=1S/C28H25F2N7O4.C18H14BrF2N3O2/c1-34-25(38)22-4-3-18(20-12-32-27(33-13-20)35-8-9-36-21(15-35)16-40-28(36)39)11-23(22)37(34)14-19-10-17(6-7-31)2-5-24(19)41-26(29)30;1-23-17(25)14-4-3-13(19)9-15(14)24(23)10-12-8-11(6-7-22)2-5-16(12)26-18(20)21/h2-5,10-13,21,26H,6,8-9,14-16H2,1H3;2-5,8-9,18H,6,10H2,1H3/t21-;/m1./s1. The molecule has 0 unspecified atom stereocenters. The molecule has 344 valence electrons. The fraction of sp³-hybridized carbons (Fsp3) is 0.283. The number of benzene rings is 4. The van der Waals surface area contributed by atoms with Crippen LogP contribution in [-0.4, -0.2) is 85.2 Å². The van der Waals surface area contributed by atoms with E-state index in [4.69, 9.17) is 20.0 Å². The number of rotatable bonds is 12. The number of cyclic esters (lactones) is 1. The van der Waals surface area contributed by atoms with Crippen LogP contribution in [0.3, 0.4) is 0 Å². The third-order valence-corrected chi connectivity index (χ3v) is 12.0. The number of piperazine rings is 1. The third kappa shape index (κ3) is 9.68. The molecule has 67 heavy (non-hydrogen) atoms. The summed E-state index contributed by atoms with van der Waals surface area (Å²) in [7, 11) is 3.22. The van der Waals surface area contributed by atoms with E-state index in [0.717, 1.165) is 15.6 Å². The molecule has 0 radical (unpaired) electrons. The SMILES string of the molecule is Cn1c(=O)c2ccc(-c3cnc(N4CCN5C(=O)OC[C@H]5C4)nc3)cc2n1Cc1cc(CC#N)ccc1OC(F)F.Cn1c(=O)c2ccc(Br)cc2n1Cc1cc(CC#N)ccc1OC(F)F. The number of fused-ring (bicyclic) bond motifs is 3. The Morgan fingerprint density at radius 1 is 0.731 bits per heavy atom. The number of aromatic nitrogens is 6. The maximum Gasteiger partial charge on any atom is 0.410 e. The summed E-state index contributed by atoms with van der Waals surface area (Å²) in [6, 6.07) is 24.0. The monoisotopic (exact) mass is 982 g/mol. The second kappa shape index (κ2) is 19.4. The van der Waals surface area contributed by atoms with Crippen LogP contribution < -0.4 is 25.5 Å². The van der Waals surface area contributed by atoms with Gasteiger partial charge in [-0.25, -0.2) is 14.8 Å². The summed E-state index contributed by atoms with van der Waals surface area (Å²) in [5, 5.41) is 19.0. The molecule has 16 nitrogen and oxygen atoms in total. The first-order valence-corrected chi connectivity index (χ1v) is 21.4. The second-order valence-corrected chi connectivity index (χ2v) is 16.5. The molecule has 7 aromatic rings. The van der Waals surface area contributed by atoms with Crippen molar-refractivity contribution in [2.75, 3.05) is 31.1 Å². The summed E-state index contributed by atoms with van der Waals surface area (Å²) in [5.41, 5.74) is 4.55. The highest BCUT2D eigenvalue weighted by Gasteiger charge is 2.38. The van der Waals surface area contributed by atoms with Crippen LogP contribution in [0.4, 0.5) is 28.3 Å². The van der Waals surface area contributed by atoms with Crippen molar-refractivity contribution in [2.24, 2.45) is 14.1 Å². The van der Waals surface area contributed by atoms with Crippen LogP contribution in [0, 0.1) is 22.7 Å². The van der Waals surface area contributed by atoms with Crippen LogP contribution in [0.2, 0.25) is 0 Å². The first-order valence-electron chi connectivity index (χ1n) is 20.7. The van der Waals surface area contributed by atoms with Gasteiger partial charge in [0.05, 0.1) is 65.9 Å². The number of hydrogen-bond donors (Lipinski definition) is 0. The molecule has 0 N–H and O–H groups in total. The Hall–Kier alpha value is -7.65. The zero-order valence-electron chi connectivity index (χ0n) is 35.8. The molecule has 0 spiro atoms. The van der Waals surface area contributed by atoms with Gasteiger partial charge in [-0.15, -0.1) is 0 Å². The third-order valence-electron chi connectivity index (χ3n) is 11.5. The van der Waals surface area contributed by atoms with Gasteiger partial charge in [0.15, 0.2) is 0 Å². The first kappa shape index (κ1) is 45.9. The van der Waals surface area contributed by atoms with Gasteiger partial charge in [-0.3, -0.25) is 33.2 Å². The summed E-state index contributed by atoms with van der Waals surface area (Å²) in [5.74, 6) is 0.547. The van der Waals surface area contributed by atoms with E-state index in [2.05, 4.69) is 36.7 Å². The Labute approximate surface area is 387 Å². The molecule has 0 saturated carbocycles. The molecule has 4 aromatic carbocycles. The number of ether oxygens (including phenoxy) is 3. The van der Waals surface area contributed by atoms with E-state index in [0.29, 0.717) is 76.2 Å². The van der Waals surface area contributed by atoms with Crippen molar-refractivity contribution in [1.29, 1.82) is 10.5 Å². The van der Waals surface area contributed by atoms with Gasteiger partial charge < -0.3 is 19.1 Å². The molecule has 2 aliphatic heterocycles. The molecule has 21 heteroatoms. The number of alkyl halides is 4. The predicted molar refractivity (Wildman–Crippen MR) is 240 cm³/mol. The summed E-state index contributed by atoms with van der Waals surface area (Å²) in [6.45, 7) is -3.70. The lowest BCUT2D eigenvalue weighted by atomic mass is 10.1. The Kier molecular flexibility index (Phi) is 13.3. The Morgan fingerprint density at radius 3 is 1.81 bits per heavy atom. The summed E-state index contributed by atoms with van der Waals surface area (Å²) < 4.78 is 73.2.